The third-order valence-electron chi connectivity index (χ3n) is 2.46. The minimum Gasteiger partial charge on any atom is -0.480 e. The fourth-order valence-corrected chi connectivity index (χ4v) is 1.50. The van der Waals surface area contributed by atoms with Gasteiger partial charge in [-0.15, -0.1) is 0 Å². The highest BCUT2D eigenvalue weighted by Crippen LogP contribution is 1.94. The van der Waals surface area contributed by atoms with Crippen LogP contribution in [0, 0.1) is 0 Å². The number of aromatic nitrogens is 2. The van der Waals surface area contributed by atoms with Gasteiger partial charge in [0.05, 0.1) is 5.69 Å². The van der Waals surface area contributed by atoms with Crippen LogP contribution < -0.4 is 10.6 Å². The molecule has 0 saturated heterocycles. The highest BCUT2D eigenvalue weighted by Gasteiger charge is 2.18. The van der Waals surface area contributed by atoms with Gasteiger partial charge in [0.1, 0.15) is 6.04 Å². The molecule has 19 heavy (non-hydrogen) atoms. The van der Waals surface area contributed by atoms with Gasteiger partial charge in [0.15, 0.2) is 0 Å². The van der Waals surface area contributed by atoms with Crippen molar-refractivity contribution in [2.75, 3.05) is 13.2 Å². The topological polar surface area (TPSA) is 116 Å². The second-order valence-electron chi connectivity index (χ2n) is 4.03. The number of nitrogens with one attached hydrogen (secondary N) is 2. The summed E-state index contributed by atoms with van der Waals surface area (Å²) in [5, 5.41) is 26.4. The van der Waals surface area contributed by atoms with E-state index in [1.54, 1.807) is 17.9 Å². The zero-order chi connectivity index (χ0) is 14.3. The third-order valence-corrected chi connectivity index (χ3v) is 2.46. The van der Waals surface area contributed by atoms with E-state index in [1.165, 1.54) is 0 Å². The molecule has 1 heterocycles. The van der Waals surface area contributed by atoms with Crippen LogP contribution in [0.25, 0.3) is 0 Å². The second kappa shape index (κ2) is 7.37. The summed E-state index contributed by atoms with van der Waals surface area (Å²) < 4.78 is 1.66. The van der Waals surface area contributed by atoms with Crippen LogP contribution in [0.2, 0.25) is 0 Å². The van der Waals surface area contributed by atoms with Gasteiger partial charge < -0.3 is 20.8 Å². The molecule has 8 nitrogen and oxygen atoms in total. The Kier molecular flexibility index (Phi) is 5.80. The number of aliphatic hydroxyl groups excluding tert-OH is 1. The molecule has 0 unspecified atom stereocenters. The van der Waals surface area contributed by atoms with Gasteiger partial charge in [0, 0.05) is 39.2 Å². The minimum atomic E-state index is -1.17. The first-order chi connectivity index (χ1) is 9.02. The van der Waals surface area contributed by atoms with E-state index < -0.39 is 18.0 Å². The molecule has 8 heteroatoms. The summed E-state index contributed by atoms with van der Waals surface area (Å²) in [6, 6.07) is 0.183. The van der Waals surface area contributed by atoms with E-state index in [-0.39, 0.29) is 13.0 Å². The van der Waals surface area contributed by atoms with Crippen molar-refractivity contribution in [3.05, 3.63) is 18.0 Å². The van der Waals surface area contributed by atoms with Gasteiger partial charge in [-0.05, 0) is 6.07 Å². The molecule has 0 saturated carbocycles. The fourth-order valence-electron chi connectivity index (χ4n) is 1.50. The van der Waals surface area contributed by atoms with Crippen LogP contribution >= 0.6 is 0 Å². The van der Waals surface area contributed by atoms with Crippen molar-refractivity contribution in [2.24, 2.45) is 7.05 Å². The summed E-state index contributed by atoms with van der Waals surface area (Å²) in [5.41, 5.74) is 0.841. The lowest BCUT2D eigenvalue weighted by atomic mass is 10.2. The van der Waals surface area contributed by atoms with Gasteiger partial charge in [0.2, 0.25) is 0 Å². The average Bonchev–Trinajstić information content (AvgIpc) is 2.74. The number of amides is 2. The molecule has 1 atom stereocenters. The number of carbonyl (C=O) groups excluding carboxylic acids is 1. The molecule has 0 aliphatic rings. The van der Waals surface area contributed by atoms with E-state index in [0.29, 0.717) is 13.0 Å². The number of carboxylic acids is 1. The highest BCUT2D eigenvalue weighted by atomic mass is 16.4. The molecule has 106 valence electrons. The normalized spacial score (nSPS) is 11.9. The first kappa shape index (κ1) is 15.0. The van der Waals surface area contributed by atoms with Gasteiger partial charge in [-0.2, -0.15) is 5.10 Å². The number of aliphatic hydroxyl groups is 1. The number of hydrogen-bond acceptors (Lipinski definition) is 4. The third kappa shape index (κ3) is 5.38. The summed E-state index contributed by atoms with van der Waals surface area (Å²) in [6.45, 7) is 0.0551. The SMILES string of the molecule is Cn1ccc(CCNC(=O)N[C@H](CCO)C(=O)O)n1. The average molecular weight is 270 g/mol. The van der Waals surface area contributed by atoms with E-state index in [4.69, 9.17) is 10.2 Å². The molecule has 4 N–H and O–H groups in total. The zero-order valence-corrected chi connectivity index (χ0v) is 10.7. The van der Waals surface area contributed by atoms with Crippen LogP contribution in [0.15, 0.2) is 12.3 Å². The minimum absolute atomic E-state index is 0.0248. The number of rotatable bonds is 7. The molecule has 0 aliphatic heterocycles. The number of urea groups is 1. The van der Waals surface area contributed by atoms with Gasteiger partial charge in [-0.3, -0.25) is 4.68 Å². The van der Waals surface area contributed by atoms with E-state index in [1.807, 2.05) is 6.07 Å². The Labute approximate surface area is 110 Å². The van der Waals surface area contributed by atoms with Crippen LogP contribution in [0.5, 0.6) is 0 Å². The number of hydrogen-bond donors (Lipinski definition) is 4. The van der Waals surface area contributed by atoms with Crippen molar-refractivity contribution in [2.45, 2.75) is 18.9 Å². The number of aliphatic carboxylic acids is 1. The first-order valence-electron chi connectivity index (χ1n) is 5.89. The van der Waals surface area contributed by atoms with Crippen LogP contribution in [-0.2, 0) is 18.3 Å². The van der Waals surface area contributed by atoms with Crippen LogP contribution in [0.1, 0.15) is 12.1 Å². The molecule has 0 radical (unpaired) electrons. The maximum Gasteiger partial charge on any atom is 0.326 e. The Morgan fingerprint density at radius 3 is 2.79 bits per heavy atom. The van der Waals surface area contributed by atoms with Gasteiger partial charge in [-0.25, -0.2) is 9.59 Å². The van der Waals surface area contributed by atoms with Crippen molar-refractivity contribution in [1.29, 1.82) is 0 Å². The van der Waals surface area contributed by atoms with Crippen molar-refractivity contribution in [3.8, 4) is 0 Å². The Morgan fingerprint density at radius 2 is 2.26 bits per heavy atom. The van der Waals surface area contributed by atoms with E-state index >= 15 is 0 Å². The number of carboxylic acid groups (broad SMARTS) is 1. The quantitative estimate of drug-likeness (QED) is 0.512. The van der Waals surface area contributed by atoms with Crippen LogP contribution in [0.3, 0.4) is 0 Å². The summed E-state index contributed by atoms with van der Waals surface area (Å²) >= 11 is 0. The molecule has 0 aromatic carbocycles. The number of aryl methyl sites for hydroxylation is 1. The lowest BCUT2D eigenvalue weighted by Crippen LogP contribution is -2.46. The van der Waals surface area contributed by atoms with Gasteiger partial charge in [0.25, 0.3) is 0 Å². The van der Waals surface area contributed by atoms with Crippen LogP contribution in [-0.4, -0.2) is 51.2 Å². The van der Waals surface area contributed by atoms with E-state index in [9.17, 15) is 9.59 Å². The van der Waals surface area contributed by atoms with Crippen LogP contribution in [0.4, 0.5) is 4.79 Å². The Balaban J connectivity index is 2.28. The standard InChI is InChI=1S/C11H18N4O4/c1-15-6-3-8(14-15)2-5-12-11(19)13-9(4-7-16)10(17)18/h3,6,9,16H,2,4-5,7H2,1H3,(H,17,18)(H2,12,13,19)/t9-/m1/s1. The second-order valence-corrected chi connectivity index (χ2v) is 4.03. The molecule has 2 amide bonds. The largest absolute Gasteiger partial charge is 0.480 e. The summed E-state index contributed by atoms with van der Waals surface area (Å²) in [6.07, 6.45) is 2.34. The highest BCUT2D eigenvalue weighted by molar-refractivity contribution is 5.82. The fraction of sp³-hybridized carbons (Fsp3) is 0.545. The molecule has 0 aliphatic carbocycles. The maximum atomic E-state index is 11.4. The predicted octanol–water partition coefficient (Wildman–Crippen LogP) is -0.903. The maximum absolute atomic E-state index is 11.4. The van der Waals surface area contributed by atoms with Gasteiger partial charge >= 0.3 is 12.0 Å². The summed E-state index contributed by atoms with van der Waals surface area (Å²) in [7, 11) is 1.80. The Morgan fingerprint density at radius 1 is 1.53 bits per heavy atom. The lowest BCUT2D eigenvalue weighted by Gasteiger charge is -2.13. The molecular formula is C11H18N4O4. The van der Waals surface area contributed by atoms with Crippen molar-refractivity contribution >= 4 is 12.0 Å². The monoisotopic (exact) mass is 270 g/mol. The molecule has 1 rings (SSSR count). The summed E-state index contributed by atoms with van der Waals surface area (Å²) in [4.78, 5) is 22.2. The smallest absolute Gasteiger partial charge is 0.326 e. The van der Waals surface area contributed by atoms with E-state index in [2.05, 4.69) is 15.7 Å². The van der Waals surface area contributed by atoms with Gasteiger partial charge in [-0.1, -0.05) is 0 Å². The molecule has 0 spiro atoms. The summed E-state index contributed by atoms with van der Waals surface area (Å²) in [5.74, 6) is -1.17. The lowest BCUT2D eigenvalue weighted by molar-refractivity contribution is -0.139. The number of carbonyl (C=O) groups is 2. The zero-order valence-electron chi connectivity index (χ0n) is 10.7. The molecule has 1 aromatic rings. The van der Waals surface area contributed by atoms with Crippen molar-refractivity contribution < 1.29 is 19.8 Å². The van der Waals surface area contributed by atoms with Crippen molar-refractivity contribution in [1.82, 2.24) is 20.4 Å². The Bertz CT molecular complexity index is 432. The first-order valence-corrected chi connectivity index (χ1v) is 5.89. The molecule has 0 fully saturated rings. The number of nitrogens with zero attached hydrogens (tertiary/aromatic N) is 2. The molecule has 1 aromatic heterocycles. The molecular weight excluding hydrogens is 252 g/mol. The predicted molar refractivity (Wildman–Crippen MR) is 66.6 cm³/mol. The molecule has 0 bridgehead atoms. The van der Waals surface area contributed by atoms with Crippen molar-refractivity contribution in [3.63, 3.8) is 0 Å². The Hall–Kier alpha value is -2.09. The van der Waals surface area contributed by atoms with E-state index in [0.717, 1.165) is 5.69 Å².